The molecule has 4 nitrogen and oxygen atoms in total. The SMILES string of the molecule is Cc1nc(C(=O)N(C)CC[C@H](O)c2ccccc2)c(C)s1. The van der Waals surface area contributed by atoms with Crippen LogP contribution in [0.5, 0.6) is 0 Å². The minimum atomic E-state index is -0.556. The zero-order chi connectivity index (χ0) is 15.4. The first-order valence-electron chi connectivity index (χ1n) is 6.91. The first-order chi connectivity index (χ1) is 9.99. The number of hydrogen-bond donors (Lipinski definition) is 1. The molecule has 0 aliphatic carbocycles. The molecular weight excluding hydrogens is 284 g/mol. The van der Waals surface area contributed by atoms with Crippen molar-refractivity contribution < 1.29 is 9.90 Å². The lowest BCUT2D eigenvalue weighted by Crippen LogP contribution is -2.29. The van der Waals surface area contributed by atoms with Crippen molar-refractivity contribution >= 4 is 17.2 Å². The van der Waals surface area contributed by atoms with Gasteiger partial charge in [-0.2, -0.15) is 0 Å². The van der Waals surface area contributed by atoms with E-state index in [1.165, 1.54) is 11.3 Å². The third kappa shape index (κ3) is 3.89. The molecule has 1 heterocycles. The Bertz CT molecular complexity index is 610. The maximum Gasteiger partial charge on any atom is 0.273 e. The lowest BCUT2D eigenvalue weighted by Gasteiger charge is -2.19. The number of amides is 1. The summed E-state index contributed by atoms with van der Waals surface area (Å²) in [5, 5.41) is 11.0. The summed E-state index contributed by atoms with van der Waals surface area (Å²) in [6.07, 6.45) is -0.0475. The molecule has 1 aromatic carbocycles. The summed E-state index contributed by atoms with van der Waals surface area (Å²) < 4.78 is 0. The van der Waals surface area contributed by atoms with Gasteiger partial charge in [0.2, 0.25) is 0 Å². The van der Waals surface area contributed by atoms with Crippen LogP contribution in [0.3, 0.4) is 0 Å². The molecule has 1 amide bonds. The van der Waals surface area contributed by atoms with E-state index in [1.54, 1.807) is 11.9 Å². The Morgan fingerprint density at radius 2 is 2.00 bits per heavy atom. The van der Waals surface area contributed by atoms with Crippen LogP contribution in [0.25, 0.3) is 0 Å². The smallest absolute Gasteiger partial charge is 0.273 e. The van der Waals surface area contributed by atoms with Crippen LogP contribution >= 0.6 is 11.3 Å². The van der Waals surface area contributed by atoms with Gasteiger partial charge in [0.05, 0.1) is 11.1 Å². The maximum atomic E-state index is 12.3. The summed E-state index contributed by atoms with van der Waals surface area (Å²) >= 11 is 1.53. The van der Waals surface area contributed by atoms with E-state index in [0.29, 0.717) is 18.7 Å². The fourth-order valence-electron chi connectivity index (χ4n) is 2.17. The van der Waals surface area contributed by atoms with Crippen LogP contribution < -0.4 is 0 Å². The van der Waals surface area contributed by atoms with Crippen molar-refractivity contribution in [3.63, 3.8) is 0 Å². The number of benzene rings is 1. The van der Waals surface area contributed by atoms with E-state index in [4.69, 9.17) is 0 Å². The number of nitrogens with zero attached hydrogens (tertiary/aromatic N) is 2. The Morgan fingerprint density at radius 1 is 1.33 bits per heavy atom. The van der Waals surface area contributed by atoms with Crippen molar-refractivity contribution in [3.05, 3.63) is 51.5 Å². The van der Waals surface area contributed by atoms with Gasteiger partial charge in [0.15, 0.2) is 0 Å². The highest BCUT2D eigenvalue weighted by Crippen LogP contribution is 2.19. The predicted octanol–water partition coefficient (Wildman–Crippen LogP) is 2.96. The maximum absolute atomic E-state index is 12.3. The number of aromatic nitrogens is 1. The van der Waals surface area contributed by atoms with E-state index in [2.05, 4.69) is 4.98 Å². The molecule has 0 bridgehead atoms. The van der Waals surface area contributed by atoms with Crippen LogP contribution in [0.4, 0.5) is 0 Å². The van der Waals surface area contributed by atoms with E-state index in [0.717, 1.165) is 15.4 Å². The third-order valence-electron chi connectivity index (χ3n) is 3.38. The summed E-state index contributed by atoms with van der Waals surface area (Å²) in [5.74, 6) is -0.0860. The number of aliphatic hydroxyl groups excluding tert-OH is 1. The average molecular weight is 304 g/mol. The minimum absolute atomic E-state index is 0.0860. The molecule has 0 fully saturated rings. The lowest BCUT2D eigenvalue weighted by atomic mass is 10.1. The van der Waals surface area contributed by atoms with Gasteiger partial charge in [0.25, 0.3) is 5.91 Å². The first-order valence-corrected chi connectivity index (χ1v) is 7.73. The Labute approximate surface area is 129 Å². The highest BCUT2D eigenvalue weighted by Gasteiger charge is 2.19. The van der Waals surface area contributed by atoms with Gasteiger partial charge in [0.1, 0.15) is 5.69 Å². The molecule has 0 saturated carbocycles. The van der Waals surface area contributed by atoms with E-state index in [1.807, 2.05) is 44.2 Å². The third-order valence-corrected chi connectivity index (χ3v) is 4.26. The van der Waals surface area contributed by atoms with Gasteiger partial charge in [-0.15, -0.1) is 11.3 Å². The summed E-state index contributed by atoms with van der Waals surface area (Å²) in [4.78, 5) is 19.2. The summed E-state index contributed by atoms with van der Waals surface area (Å²) in [6, 6.07) is 9.49. The second-order valence-electron chi connectivity index (χ2n) is 5.08. The molecule has 0 spiro atoms. The predicted molar refractivity (Wildman–Crippen MR) is 84.6 cm³/mol. The molecule has 1 atom stereocenters. The molecule has 1 aromatic heterocycles. The molecule has 2 rings (SSSR count). The fourth-order valence-corrected chi connectivity index (χ4v) is 2.98. The van der Waals surface area contributed by atoms with Gasteiger partial charge in [-0.1, -0.05) is 30.3 Å². The molecular formula is C16H20N2O2S. The van der Waals surface area contributed by atoms with E-state index in [-0.39, 0.29) is 5.91 Å². The van der Waals surface area contributed by atoms with Crippen molar-refractivity contribution in [2.45, 2.75) is 26.4 Å². The Kier molecular flexibility index (Phi) is 5.09. The lowest BCUT2D eigenvalue weighted by molar-refractivity contribution is 0.0755. The van der Waals surface area contributed by atoms with Crippen molar-refractivity contribution in [1.29, 1.82) is 0 Å². The number of hydrogen-bond acceptors (Lipinski definition) is 4. The summed E-state index contributed by atoms with van der Waals surface area (Å²) in [7, 11) is 1.74. The highest BCUT2D eigenvalue weighted by molar-refractivity contribution is 7.11. The van der Waals surface area contributed by atoms with Crippen molar-refractivity contribution in [2.75, 3.05) is 13.6 Å². The van der Waals surface area contributed by atoms with Crippen LogP contribution in [-0.2, 0) is 0 Å². The van der Waals surface area contributed by atoms with Crippen LogP contribution in [0.1, 0.15) is 38.5 Å². The van der Waals surface area contributed by atoms with E-state index >= 15 is 0 Å². The Morgan fingerprint density at radius 3 is 2.57 bits per heavy atom. The van der Waals surface area contributed by atoms with E-state index in [9.17, 15) is 9.90 Å². The standard InChI is InChI=1S/C16H20N2O2S/c1-11-15(17-12(2)21-11)16(20)18(3)10-9-14(19)13-7-5-4-6-8-13/h4-8,14,19H,9-10H2,1-3H3/t14-/m0/s1. The Hall–Kier alpha value is -1.72. The fraction of sp³-hybridized carbons (Fsp3) is 0.375. The van der Waals surface area contributed by atoms with Gasteiger partial charge in [-0.3, -0.25) is 4.79 Å². The molecule has 2 aromatic rings. The molecule has 0 unspecified atom stereocenters. The number of aliphatic hydroxyl groups is 1. The van der Waals surface area contributed by atoms with Gasteiger partial charge < -0.3 is 10.0 Å². The first kappa shape index (κ1) is 15.7. The second-order valence-corrected chi connectivity index (χ2v) is 6.49. The molecule has 21 heavy (non-hydrogen) atoms. The molecule has 0 aliphatic rings. The Balaban J connectivity index is 1.94. The van der Waals surface area contributed by atoms with Gasteiger partial charge in [-0.05, 0) is 25.8 Å². The van der Waals surface area contributed by atoms with Gasteiger partial charge in [0, 0.05) is 18.5 Å². The summed E-state index contributed by atoms with van der Waals surface area (Å²) in [6.45, 7) is 4.29. The zero-order valence-corrected chi connectivity index (χ0v) is 13.4. The molecule has 1 N–H and O–H groups in total. The molecule has 0 saturated heterocycles. The molecule has 5 heteroatoms. The monoisotopic (exact) mass is 304 g/mol. The molecule has 0 aliphatic heterocycles. The zero-order valence-electron chi connectivity index (χ0n) is 12.5. The van der Waals surface area contributed by atoms with E-state index < -0.39 is 6.10 Å². The average Bonchev–Trinajstić information content (AvgIpc) is 2.83. The van der Waals surface area contributed by atoms with Crippen LogP contribution in [0.15, 0.2) is 30.3 Å². The van der Waals surface area contributed by atoms with Gasteiger partial charge >= 0.3 is 0 Å². The number of aryl methyl sites for hydroxylation is 2. The minimum Gasteiger partial charge on any atom is -0.388 e. The topological polar surface area (TPSA) is 53.4 Å². The largest absolute Gasteiger partial charge is 0.388 e. The quantitative estimate of drug-likeness (QED) is 0.924. The van der Waals surface area contributed by atoms with Crippen LogP contribution in [0.2, 0.25) is 0 Å². The van der Waals surface area contributed by atoms with Crippen LogP contribution in [-0.4, -0.2) is 34.5 Å². The van der Waals surface area contributed by atoms with Crippen molar-refractivity contribution in [1.82, 2.24) is 9.88 Å². The van der Waals surface area contributed by atoms with Crippen LogP contribution in [0, 0.1) is 13.8 Å². The van der Waals surface area contributed by atoms with Crippen molar-refractivity contribution in [2.24, 2.45) is 0 Å². The number of carbonyl (C=O) groups excluding carboxylic acids is 1. The number of carbonyl (C=O) groups is 1. The normalized spacial score (nSPS) is 12.2. The number of thiazole rings is 1. The molecule has 0 radical (unpaired) electrons. The number of rotatable bonds is 5. The van der Waals surface area contributed by atoms with Crippen molar-refractivity contribution in [3.8, 4) is 0 Å². The molecule has 112 valence electrons. The van der Waals surface area contributed by atoms with Gasteiger partial charge in [-0.25, -0.2) is 4.98 Å². The summed E-state index contributed by atoms with van der Waals surface area (Å²) in [5.41, 5.74) is 1.40. The highest BCUT2D eigenvalue weighted by atomic mass is 32.1. The second kappa shape index (κ2) is 6.83.